The fourth-order valence-electron chi connectivity index (χ4n) is 3.33. The molecule has 2 heterocycles. The molecule has 174 valence electrons. The van der Waals surface area contributed by atoms with E-state index in [9.17, 15) is 8.42 Å². The minimum absolute atomic E-state index is 0.0325. The first kappa shape index (κ1) is 24.6. The van der Waals surface area contributed by atoms with Gasteiger partial charge in [-0.15, -0.1) is 21.5 Å². The summed E-state index contributed by atoms with van der Waals surface area (Å²) in [4.78, 5) is 4.55. The number of nitrogens with zero attached hydrogens (tertiary/aromatic N) is 4. The molecule has 3 aromatic rings. The van der Waals surface area contributed by atoms with Crippen LogP contribution in [-0.2, 0) is 26.9 Å². The van der Waals surface area contributed by atoms with Crippen LogP contribution in [0.3, 0.4) is 0 Å². The standard InChI is InChI=1S/C24H28N4O3S2/c1-6-12-28-22(19-11-9-10-17(4)13-19)26-27-24(28)33(29,30)16-20-15-32-23(25-20)18(7-2)14-21(8-3)31-5/h7-11,13-15H,3,6,12,16H2,1-2,4-5H3/b18-7+,21-14+. The topological polar surface area (TPSA) is 87.0 Å². The van der Waals surface area contributed by atoms with Crippen LogP contribution in [0.2, 0.25) is 0 Å². The summed E-state index contributed by atoms with van der Waals surface area (Å²) in [7, 11) is -2.19. The van der Waals surface area contributed by atoms with Crippen molar-refractivity contribution >= 4 is 26.7 Å². The summed E-state index contributed by atoms with van der Waals surface area (Å²) in [5.74, 6) is 0.901. The molecule has 2 aromatic heterocycles. The second-order valence-electron chi connectivity index (χ2n) is 7.43. The Morgan fingerprint density at radius 2 is 2.09 bits per heavy atom. The summed E-state index contributed by atoms with van der Waals surface area (Å²) >= 11 is 1.38. The number of thiazole rings is 1. The van der Waals surface area contributed by atoms with Crippen LogP contribution in [0.25, 0.3) is 17.0 Å². The highest BCUT2D eigenvalue weighted by Crippen LogP contribution is 2.26. The van der Waals surface area contributed by atoms with E-state index in [0.29, 0.717) is 28.8 Å². The van der Waals surface area contributed by atoms with E-state index in [0.717, 1.165) is 23.1 Å². The van der Waals surface area contributed by atoms with Crippen LogP contribution in [0.5, 0.6) is 0 Å². The Kier molecular flexibility index (Phi) is 7.99. The Balaban J connectivity index is 1.93. The van der Waals surface area contributed by atoms with Gasteiger partial charge in [0.2, 0.25) is 15.0 Å². The van der Waals surface area contributed by atoms with Gasteiger partial charge < -0.3 is 4.74 Å². The van der Waals surface area contributed by atoms with E-state index >= 15 is 0 Å². The van der Waals surface area contributed by atoms with Gasteiger partial charge in [-0.3, -0.25) is 4.57 Å². The maximum absolute atomic E-state index is 13.3. The maximum Gasteiger partial charge on any atom is 0.250 e. The number of rotatable bonds is 10. The van der Waals surface area contributed by atoms with Crippen molar-refractivity contribution in [3.8, 4) is 11.4 Å². The van der Waals surface area contributed by atoms with Gasteiger partial charge in [0.05, 0.1) is 12.8 Å². The number of hydrogen-bond donors (Lipinski definition) is 0. The molecule has 0 aliphatic heterocycles. The minimum atomic E-state index is -3.76. The number of hydrogen-bond acceptors (Lipinski definition) is 7. The molecule has 9 heteroatoms. The lowest BCUT2D eigenvalue weighted by Crippen LogP contribution is -2.14. The van der Waals surface area contributed by atoms with E-state index in [2.05, 4.69) is 21.8 Å². The zero-order chi connectivity index (χ0) is 24.0. The van der Waals surface area contributed by atoms with Crippen LogP contribution in [0.15, 0.2) is 65.4 Å². The quantitative estimate of drug-likeness (QED) is 0.290. The van der Waals surface area contributed by atoms with Crippen molar-refractivity contribution in [2.45, 2.75) is 44.6 Å². The van der Waals surface area contributed by atoms with Crippen LogP contribution >= 0.6 is 11.3 Å². The lowest BCUT2D eigenvalue weighted by molar-refractivity contribution is 0.307. The zero-order valence-electron chi connectivity index (χ0n) is 19.3. The number of aromatic nitrogens is 4. The molecular formula is C24H28N4O3S2. The van der Waals surface area contributed by atoms with Crippen molar-refractivity contribution in [1.29, 1.82) is 0 Å². The largest absolute Gasteiger partial charge is 0.497 e. The Morgan fingerprint density at radius 1 is 1.30 bits per heavy atom. The number of allylic oxidation sites excluding steroid dienone is 4. The smallest absolute Gasteiger partial charge is 0.250 e. The van der Waals surface area contributed by atoms with Crippen LogP contribution < -0.4 is 0 Å². The molecule has 0 atom stereocenters. The number of aryl methyl sites for hydroxylation is 1. The molecule has 3 rings (SSSR count). The highest BCUT2D eigenvalue weighted by atomic mass is 32.2. The number of benzene rings is 1. The third-order valence-corrected chi connectivity index (χ3v) is 7.38. The zero-order valence-corrected chi connectivity index (χ0v) is 20.9. The Hall–Kier alpha value is -3.04. The molecule has 0 aliphatic carbocycles. The van der Waals surface area contributed by atoms with Crippen LogP contribution in [0.4, 0.5) is 0 Å². The van der Waals surface area contributed by atoms with Crippen LogP contribution in [0.1, 0.15) is 36.5 Å². The molecule has 0 radical (unpaired) electrons. The molecular weight excluding hydrogens is 456 g/mol. The van der Waals surface area contributed by atoms with E-state index in [4.69, 9.17) is 4.74 Å². The van der Waals surface area contributed by atoms with E-state index in [1.165, 1.54) is 11.3 Å². The van der Waals surface area contributed by atoms with Gasteiger partial charge in [0.25, 0.3) is 0 Å². The normalized spacial score (nSPS) is 12.7. The van der Waals surface area contributed by atoms with Crippen molar-refractivity contribution in [2.24, 2.45) is 0 Å². The highest BCUT2D eigenvalue weighted by molar-refractivity contribution is 7.90. The fourth-order valence-corrected chi connectivity index (χ4v) is 5.65. The van der Waals surface area contributed by atoms with Crippen molar-refractivity contribution in [3.63, 3.8) is 0 Å². The summed E-state index contributed by atoms with van der Waals surface area (Å²) in [6.45, 7) is 10.1. The van der Waals surface area contributed by atoms with Gasteiger partial charge in [0, 0.05) is 23.1 Å². The summed E-state index contributed by atoms with van der Waals surface area (Å²) in [5.41, 5.74) is 3.20. The van der Waals surface area contributed by atoms with Crippen molar-refractivity contribution in [2.75, 3.05) is 7.11 Å². The number of methoxy groups -OCH3 is 1. The van der Waals surface area contributed by atoms with Gasteiger partial charge in [-0.1, -0.05) is 43.3 Å². The molecule has 0 N–H and O–H groups in total. The molecule has 0 saturated heterocycles. The van der Waals surface area contributed by atoms with Gasteiger partial charge in [-0.05, 0) is 38.5 Å². The van der Waals surface area contributed by atoms with E-state index in [1.54, 1.807) is 23.1 Å². The summed E-state index contributed by atoms with van der Waals surface area (Å²) < 4.78 is 33.6. The van der Waals surface area contributed by atoms with Crippen LogP contribution in [0, 0.1) is 6.92 Å². The van der Waals surface area contributed by atoms with Gasteiger partial charge in [0.1, 0.15) is 16.5 Å². The summed E-state index contributed by atoms with van der Waals surface area (Å²) in [6, 6.07) is 7.80. The fraction of sp³-hybridized carbons (Fsp3) is 0.292. The highest BCUT2D eigenvalue weighted by Gasteiger charge is 2.26. The van der Waals surface area contributed by atoms with Crippen LogP contribution in [-0.4, -0.2) is 35.3 Å². The Morgan fingerprint density at radius 3 is 2.73 bits per heavy atom. The van der Waals surface area contributed by atoms with Crippen molar-refractivity contribution < 1.29 is 13.2 Å². The Bertz CT molecular complexity index is 1300. The Labute approximate surface area is 199 Å². The van der Waals surface area contributed by atoms with E-state index in [-0.39, 0.29) is 10.9 Å². The molecule has 1 aromatic carbocycles. The lowest BCUT2D eigenvalue weighted by Gasteiger charge is -2.09. The average molecular weight is 485 g/mol. The van der Waals surface area contributed by atoms with Gasteiger partial charge >= 0.3 is 0 Å². The molecule has 0 bridgehead atoms. The first-order chi connectivity index (χ1) is 15.8. The predicted molar refractivity (Wildman–Crippen MR) is 132 cm³/mol. The van der Waals surface area contributed by atoms with E-state index < -0.39 is 9.84 Å². The third-order valence-electron chi connectivity index (χ3n) is 4.90. The lowest BCUT2D eigenvalue weighted by atomic mass is 10.1. The molecule has 0 saturated carbocycles. The maximum atomic E-state index is 13.3. The SMILES string of the molecule is C=C/C(=C\C(=C/C)c1nc(CS(=O)(=O)c2nnc(-c3cccc(C)c3)n2CCC)cs1)OC. The number of ether oxygens (including phenoxy) is 1. The molecule has 7 nitrogen and oxygen atoms in total. The monoisotopic (exact) mass is 484 g/mol. The molecule has 33 heavy (non-hydrogen) atoms. The molecule has 0 aliphatic rings. The second kappa shape index (κ2) is 10.7. The summed E-state index contributed by atoms with van der Waals surface area (Å²) in [6.07, 6.45) is 6.07. The first-order valence-electron chi connectivity index (χ1n) is 10.5. The van der Waals surface area contributed by atoms with Crippen molar-refractivity contribution in [3.05, 3.63) is 76.5 Å². The van der Waals surface area contributed by atoms with Gasteiger partial charge in [-0.2, -0.15) is 0 Å². The average Bonchev–Trinajstić information content (AvgIpc) is 3.42. The third kappa shape index (κ3) is 5.66. The molecule has 0 amide bonds. The van der Waals surface area contributed by atoms with Crippen molar-refractivity contribution in [1.82, 2.24) is 19.7 Å². The van der Waals surface area contributed by atoms with Gasteiger partial charge in [0.15, 0.2) is 5.82 Å². The van der Waals surface area contributed by atoms with Gasteiger partial charge in [-0.25, -0.2) is 13.4 Å². The molecule has 0 spiro atoms. The minimum Gasteiger partial charge on any atom is -0.497 e. The predicted octanol–water partition coefficient (Wildman–Crippen LogP) is 5.21. The van der Waals surface area contributed by atoms with E-state index in [1.807, 2.05) is 57.2 Å². The molecule has 0 fully saturated rings. The molecule has 0 unspecified atom stereocenters. The summed E-state index contributed by atoms with van der Waals surface area (Å²) in [5, 5.41) is 10.7. The number of sulfone groups is 1. The first-order valence-corrected chi connectivity index (χ1v) is 13.1. The second-order valence-corrected chi connectivity index (χ2v) is 10.2.